The summed E-state index contributed by atoms with van der Waals surface area (Å²) >= 11 is 0. The van der Waals surface area contributed by atoms with Gasteiger partial charge in [0.05, 0.1) is 11.9 Å². The van der Waals surface area contributed by atoms with E-state index in [1.165, 1.54) is 4.90 Å². The average Bonchev–Trinajstić information content (AvgIpc) is 2.73. The summed E-state index contributed by atoms with van der Waals surface area (Å²) in [5.41, 5.74) is 3.65. The van der Waals surface area contributed by atoms with Crippen LogP contribution in [0.1, 0.15) is 56.4 Å². The molecule has 0 fully saturated rings. The predicted octanol–water partition coefficient (Wildman–Crippen LogP) is 4.10. The van der Waals surface area contributed by atoms with Crippen molar-refractivity contribution >= 4 is 27.5 Å². The van der Waals surface area contributed by atoms with Gasteiger partial charge >= 0.3 is 0 Å². The van der Waals surface area contributed by atoms with E-state index in [2.05, 4.69) is 5.32 Å². The number of hydrogen-bond acceptors (Lipinski definition) is 4. The number of amides is 2. The minimum Gasteiger partial charge on any atom is -0.350 e. The Morgan fingerprint density at radius 2 is 1.60 bits per heavy atom. The van der Waals surface area contributed by atoms with E-state index in [0.29, 0.717) is 12.1 Å². The molecule has 1 atom stereocenters. The van der Waals surface area contributed by atoms with Crippen molar-refractivity contribution in [2.45, 2.75) is 73.0 Å². The molecule has 35 heavy (non-hydrogen) atoms. The van der Waals surface area contributed by atoms with E-state index >= 15 is 0 Å². The summed E-state index contributed by atoms with van der Waals surface area (Å²) in [6.07, 6.45) is 1.48. The Balaban J connectivity index is 2.49. The number of aryl methyl sites for hydroxylation is 2. The van der Waals surface area contributed by atoms with Crippen LogP contribution >= 0.6 is 0 Å². The van der Waals surface area contributed by atoms with Gasteiger partial charge in [-0.25, -0.2) is 8.42 Å². The third-order valence-corrected chi connectivity index (χ3v) is 7.01. The van der Waals surface area contributed by atoms with E-state index in [4.69, 9.17) is 0 Å². The van der Waals surface area contributed by atoms with Crippen LogP contribution in [0.2, 0.25) is 0 Å². The van der Waals surface area contributed by atoms with Gasteiger partial charge in [0, 0.05) is 12.1 Å². The Hall–Kier alpha value is -2.87. The second kappa shape index (κ2) is 11.2. The van der Waals surface area contributed by atoms with Gasteiger partial charge in [0.15, 0.2) is 0 Å². The molecule has 2 amide bonds. The molecule has 0 aliphatic carbocycles. The predicted molar refractivity (Wildman–Crippen MR) is 142 cm³/mol. The van der Waals surface area contributed by atoms with E-state index in [1.807, 2.05) is 78.8 Å². The lowest BCUT2D eigenvalue weighted by molar-refractivity contribution is -0.141. The first-order valence-corrected chi connectivity index (χ1v) is 13.7. The van der Waals surface area contributed by atoms with Gasteiger partial charge in [-0.05, 0) is 70.7 Å². The maximum atomic E-state index is 13.8. The third kappa shape index (κ3) is 7.82. The van der Waals surface area contributed by atoms with Crippen molar-refractivity contribution in [3.63, 3.8) is 0 Å². The smallest absolute Gasteiger partial charge is 0.244 e. The fourth-order valence-corrected chi connectivity index (χ4v) is 4.76. The number of sulfonamides is 1. The van der Waals surface area contributed by atoms with Gasteiger partial charge in [-0.1, -0.05) is 48.9 Å². The molecule has 0 aliphatic heterocycles. The van der Waals surface area contributed by atoms with Crippen LogP contribution in [0.4, 0.5) is 5.69 Å². The molecule has 0 aromatic heterocycles. The van der Waals surface area contributed by atoms with E-state index in [0.717, 1.165) is 32.8 Å². The van der Waals surface area contributed by atoms with Crippen LogP contribution in [0.5, 0.6) is 0 Å². The highest BCUT2D eigenvalue weighted by atomic mass is 32.2. The molecule has 2 aromatic carbocycles. The molecule has 192 valence electrons. The molecule has 0 heterocycles. The fraction of sp³-hybridized carbons (Fsp3) is 0.481. The highest BCUT2D eigenvalue weighted by Crippen LogP contribution is 2.25. The lowest BCUT2D eigenvalue weighted by atomic mass is 10.0. The Labute approximate surface area is 210 Å². The molecule has 2 rings (SSSR count). The van der Waals surface area contributed by atoms with Crippen LogP contribution < -0.4 is 9.62 Å². The van der Waals surface area contributed by atoms with Crippen molar-refractivity contribution in [2.24, 2.45) is 0 Å². The van der Waals surface area contributed by atoms with Gasteiger partial charge in [0.1, 0.15) is 12.6 Å². The number of benzene rings is 2. The highest BCUT2D eigenvalue weighted by Gasteiger charge is 2.33. The standard InChI is InChI=1S/C27H39N3O4S/c1-9-23(26(32)28-27(5,6)7)29(17-22-15-13-19(2)14-16-22)25(31)18-30(35(8,33)34)24-12-10-11-20(3)21(24)4/h10-16,23H,9,17-18H2,1-8H3,(H,28,32)/t23-/m0/s1. The molecular formula is C27H39N3O4S. The van der Waals surface area contributed by atoms with Crippen LogP contribution in [0.25, 0.3) is 0 Å². The molecule has 2 aromatic rings. The highest BCUT2D eigenvalue weighted by molar-refractivity contribution is 7.92. The van der Waals surface area contributed by atoms with Crippen LogP contribution in [-0.2, 0) is 26.2 Å². The van der Waals surface area contributed by atoms with Crippen molar-refractivity contribution < 1.29 is 18.0 Å². The zero-order chi connectivity index (χ0) is 26.6. The van der Waals surface area contributed by atoms with Gasteiger partial charge in [-0.15, -0.1) is 0 Å². The van der Waals surface area contributed by atoms with Crippen LogP contribution in [0.3, 0.4) is 0 Å². The summed E-state index contributed by atoms with van der Waals surface area (Å²) in [5.74, 6) is -0.703. The summed E-state index contributed by atoms with van der Waals surface area (Å²) in [5, 5.41) is 2.97. The first-order valence-electron chi connectivity index (χ1n) is 11.8. The zero-order valence-corrected chi connectivity index (χ0v) is 23.0. The molecule has 0 aliphatic rings. The number of carbonyl (C=O) groups excluding carboxylic acids is 2. The van der Waals surface area contributed by atoms with E-state index in [1.54, 1.807) is 12.1 Å². The summed E-state index contributed by atoms with van der Waals surface area (Å²) < 4.78 is 26.7. The second-order valence-electron chi connectivity index (χ2n) is 10.2. The SMILES string of the molecule is CC[C@@H](C(=O)NC(C)(C)C)N(Cc1ccc(C)cc1)C(=O)CN(c1cccc(C)c1C)S(C)(=O)=O. The van der Waals surface area contributed by atoms with Crippen molar-refractivity contribution in [3.8, 4) is 0 Å². The van der Waals surface area contributed by atoms with Gasteiger partial charge < -0.3 is 10.2 Å². The lowest BCUT2D eigenvalue weighted by Gasteiger charge is -2.34. The quantitative estimate of drug-likeness (QED) is 0.560. The molecule has 0 saturated carbocycles. The fourth-order valence-electron chi connectivity index (χ4n) is 3.86. The maximum absolute atomic E-state index is 13.8. The number of anilines is 1. The molecule has 0 bridgehead atoms. The minimum absolute atomic E-state index is 0.194. The molecule has 0 saturated heterocycles. The number of nitrogens with zero attached hydrogens (tertiary/aromatic N) is 2. The molecule has 1 N–H and O–H groups in total. The summed E-state index contributed by atoms with van der Waals surface area (Å²) in [6.45, 7) is 13.0. The lowest BCUT2D eigenvalue weighted by Crippen LogP contribution is -2.55. The summed E-state index contributed by atoms with van der Waals surface area (Å²) in [4.78, 5) is 28.4. The summed E-state index contributed by atoms with van der Waals surface area (Å²) in [6, 6.07) is 12.4. The maximum Gasteiger partial charge on any atom is 0.244 e. The van der Waals surface area contributed by atoms with Gasteiger partial charge in [0.25, 0.3) is 0 Å². The molecule has 0 unspecified atom stereocenters. The van der Waals surface area contributed by atoms with Crippen molar-refractivity contribution in [1.82, 2.24) is 10.2 Å². The van der Waals surface area contributed by atoms with Gasteiger partial charge in [-0.2, -0.15) is 0 Å². The minimum atomic E-state index is -3.76. The Morgan fingerprint density at radius 3 is 2.11 bits per heavy atom. The Morgan fingerprint density at radius 1 is 1.00 bits per heavy atom. The Kier molecular flexibility index (Phi) is 9.11. The third-order valence-electron chi connectivity index (χ3n) is 5.88. The average molecular weight is 502 g/mol. The van der Waals surface area contributed by atoms with E-state index in [-0.39, 0.29) is 12.5 Å². The van der Waals surface area contributed by atoms with Crippen LogP contribution in [-0.4, -0.2) is 49.5 Å². The van der Waals surface area contributed by atoms with Crippen LogP contribution in [0, 0.1) is 20.8 Å². The Bertz CT molecular complexity index is 1150. The largest absolute Gasteiger partial charge is 0.350 e. The number of nitrogens with one attached hydrogen (secondary N) is 1. The number of hydrogen-bond donors (Lipinski definition) is 1. The van der Waals surface area contributed by atoms with Gasteiger partial charge in [0.2, 0.25) is 21.8 Å². The topological polar surface area (TPSA) is 86.8 Å². The zero-order valence-electron chi connectivity index (χ0n) is 22.2. The molecule has 7 nitrogen and oxygen atoms in total. The van der Waals surface area contributed by atoms with E-state index < -0.39 is 34.1 Å². The van der Waals surface area contributed by atoms with Crippen molar-refractivity contribution in [2.75, 3.05) is 17.1 Å². The van der Waals surface area contributed by atoms with E-state index in [9.17, 15) is 18.0 Å². The normalized spacial score (nSPS) is 12.7. The molecule has 0 radical (unpaired) electrons. The van der Waals surface area contributed by atoms with Crippen LogP contribution in [0.15, 0.2) is 42.5 Å². The molecular weight excluding hydrogens is 462 g/mol. The van der Waals surface area contributed by atoms with Gasteiger partial charge in [-0.3, -0.25) is 13.9 Å². The van der Waals surface area contributed by atoms with Crippen molar-refractivity contribution in [3.05, 3.63) is 64.7 Å². The number of rotatable bonds is 9. The monoisotopic (exact) mass is 501 g/mol. The first-order chi connectivity index (χ1) is 16.1. The molecule has 8 heteroatoms. The second-order valence-corrected chi connectivity index (χ2v) is 12.1. The number of carbonyl (C=O) groups is 2. The summed E-state index contributed by atoms with van der Waals surface area (Å²) in [7, 11) is -3.76. The molecule has 0 spiro atoms. The van der Waals surface area contributed by atoms with Crippen molar-refractivity contribution in [1.29, 1.82) is 0 Å². The first kappa shape index (κ1) is 28.4.